The van der Waals surface area contributed by atoms with Gasteiger partial charge in [0.1, 0.15) is 0 Å². The topological polar surface area (TPSA) is 9.23 Å². The Morgan fingerprint density at radius 1 is 0.522 bits per heavy atom. The summed E-state index contributed by atoms with van der Waals surface area (Å²) < 4.78 is 5.49. The lowest BCUT2D eigenvalue weighted by molar-refractivity contribution is 0.105. The Kier molecular flexibility index (Phi) is 18.2. The minimum absolute atomic E-state index is 0.284. The number of rotatable bonds is 4. The molecule has 2 aliphatic carbocycles. The van der Waals surface area contributed by atoms with Crippen molar-refractivity contribution in [1.29, 1.82) is 0 Å². The molecule has 3 fully saturated rings. The molecule has 1 heterocycles. The molecule has 0 radical (unpaired) electrons. The zero-order valence-corrected chi connectivity index (χ0v) is 34.4. The summed E-state index contributed by atoms with van der Waals surface area (Å²) >= 11 is 0. The highest BCUT2D eigenvalue weighted by Crippen LogP contribution is 2.45. The van der Waals surface area contributed by atoms with E-state index >= 15 is 0 Å². The molecule has 6 unspecified atom stereocenters. The zero-order chi connectivity index (χ0) is 35.3. The van der Waals surface area contributed by atoms with Crippen LogP contribution in [-0.2, 0) is 16.6 Å². The average molecular weight is 641 g/mol. The SMILES string of the molecule is CCC1CCCC1C(C)(C)C.CCC1CCCCC1C(C)(C)C.CCC1COCC1C(C)(C)C.CCc1ccccc1C(C)(C)C. The van der Waals surface area contributed by atoms with Gasteiger partial charge in [0, 0.05) is 6.61 Å². The summed E-state index contributed by atoms with van der Waals surface area (Å²) in [5.41, 5.74) is 4.76. The predicted molar refractivity (Wildman–Crippen MR) is 208 cm³/mol. The summed E-state index contributed by atoms with van der Waals surface area (Å²) in [6.45, 7) is 39.3. The third kappa shape index (κ3) is 14.3. The van der Waals surface area contributed by atoms with Crippen molar-refractivity contribution in [2.45, 2.75) is 187 Å². The smallest absolute Gasteiger partial charge is 0.0502 e. The Bertz CT molecular complexity index is 897. The van der Waals surface area contributed by atoms with E-state index < -0.39 is 0 Å². The van der Waals surface area contributed by atoms with E-state index in [0.717, 1.165) is 55.1 Å². The van der Waals surface area contributed by atoms with E-state index in [1.165, 1.54) is 75.3 Å². The highest BCUT2D eigenvalue weighted by molar-refractivity contribution is 5.32. The Balaban J connectivity index is 0.000000307. The maximum Gasteiger partial charge on any atom is 0.0502 e. The van der Waals surface area contributed by atoms with Gasteiger partial charge in [-0.15, -0.1) is 0 Å². The van der Waals surface area contributed by atoms with Crippen LogP contribution >= 0.6 is 0 Å². The molecule has 0 bridgehead atoms. The molecule has 0 N–H and O–H groups in total. The van der Waals surface area contributed by atoms with Gasteiger partial charge >= 0.3 is 0 Å². The van der Waals surface area contributed by atoms with Gasteiger partial charge in [-0.1, -0.05) is 186 Å². The lowest BCUT2D eigenvalue weighted by atomic mass is 9.66. The second-order valence-electron chi connectivity index (χ2n) is 19.4. The Hall–Kier alpha value is -0.820. The molecule has 0 spiro atoms. The highest BCUT2D eigenvalue weighted by Gasteiger charge is 2.36. The van der Waals surface area contributed by atoms with Gasteiger partial charge in [0.05, 0.1) is 6.61 Å². The molecule has 1 heteroatoms. The molecule has 0 aromatic heterocycles. The quantitative estimate of drug-likeness (QED) is 0.318. The van der Waals surface area contributed by atoms with Gasteiger partial charge in [-0.05, 0) is 87.6 Å². The third-order valence-corrected chi connectivity index (χ3v) is 11.9. The highest BCUT2D eigenvalue weighted by atomic mass is 16.5. The summed E-state index contributed by atoms with van der Waals surface area (Å²) in [6, 6.07) is 8.70. The molecule has 1 nitrogen and oxygen atoms in total. The van der Waals surface area contributed by atoms with Crippen molar-refractivity contribution in [3.05, 3.63) is 35.4 Å². The van der Waals surface area contributed by atoms with E-state index in [0.29, 0.717) is 16.2 Å². The summed E-state index contributed by atoms with van der Waals surface area (Å²) in [7, 11) is 0. The molecule has 0 amide bonds. The van der Waals surface area contributed by atoms with Crippen LogP contribution in [0, 0.1) is 51.8 Å². The van der Waals surface area contributed by atoms with Crippen molar-refractivity contribution < 1.29 is 4.74 Å². The predicted octanol–water partition coefficient (Wildman–Crippen LogP) is 14.4. The van der Waals surface area contributed by atoms with Gasteiger partial charge in [-0.3, -0.25) is 0 Å². The van der Waals surface area contributed by atoms with Crippen molar-refractivity contribution in [3.8, 4) is 0 Å². The molecular weight excluding hydrogens is 556 g/mol. The Morgan fingerprint density at radius 3 is 1.33 bits per heavy atom. The van der Waals surface area contributed by atoms with Gasteiger partial charge in [-0.25, -0.2) is 0 Å². The number of hydrogen-bond acceptors (Lipinski definition) is 1. The second kappa shape index (κ2) is 19.4. The molecule has 46 heavy (non-hydrogen) atoms. The number of benzene rings is 1. The van der Waals surface area contributed by atoms with Gasteiger partial charge in [0.25, 0.3) is 0 Å². The van der Waals surface area contributed by atoms with Crippen LogP contribution in [-0.4, -0.2) is 13.2 Å². The summed E-state index contributed by atoms with van der Waals surface area (Å²) in [5, 5.41) is 0. The van der Waals surface area contributed by atoms with Gasteiger partial charge < -0.3 is 4.74 Å². The zero-order valence-electron chi connectivity index (χ0n) is 34.4. The molecule has 1 aliphatic heterocycles. The fourth-order valence-electron chi connectivity index (χ4n) is 9.02. The van der Waals surface area contributed by atoms with E-state index in [1.54, 1.807) is 0 Å². The maximum atomic E-state index is 5.49. The monoisotopic (exact) mass is 641 g/mol. The first kappa shape index (κ1) is 43.2. The average Bonchev–Trinajstić information content (AvgIpc) is 3.67. The molecule has 270 valence electrons. The van der Waals surface area contributed by atoms with E-state index in [-0.39, 0.29) is 5.41 Å². The first-order valence-corrected chi connectivity index (χ1v) is 19.9. The van der Waals surface area contributed by atoms with Gasteiger partial charge in [0.15, 0.2) is 0 Å². The first-order chi connectivity index (χ1) is 21.2. The minimum atomic E-state index is 0.284. The van der Waals surface area contributed by atoms with Crippen LogP contribution in [0.25, 0.3) is 0 Å². The lowest BCUT2D eigenvalue weighted by Crippen LogP contribution is -2.30. The normalized spacial score (nSPS) is 27.0. The maximum absolute atomic E-state index is 5.49. The fraction of sp³-hybridized carbons (Fsp3) is 0.867. The van der Waals surface area contributed by atoms with Crippen LogP contribution in [0.4, 0.5) is 0 Å². The standard InChI is InChI=1S/C12H24.C12H18.C11H22.C10H20O/c2*1-5-10-8-6-7-9-11(10)12(2,3)4;1-5-9-7-6-8-10(9)11(2,3)4;1-5-8-6-11-7-9(8)10(2,3)4/h10-11H,5-9H2,1-4H3;6-9H,5H2,1-4H3;9-10H,5-8H2,1-4H3;8-9H,5-7H2,1-4H3. The van der Waals surface area contributed by atoms with E-state index in [2.05, 4.69) is 135 Å². The van der Waals surface area contributed by atoms with Crippen molar-refractivity contribution in [3.63, 3.8) is 0 Å². The lowest BCUT2D eigenvalue weighted by Gasteiger charge is -2.40. The van der Waals surface area contributed by atoms with Crippen molar-refractivity contribution in [2.75, 3.05) is 13.2 Å². The molecule has 4 rings (SSSR count). The van der Waals surface area contributed by atoms with Crippen LogP contribution in [0.15, 0.2) is 24.3 Å². The fourth-order valence-corrected chi connectivity index (χ4v) is 9.02. The summed E-state index contributed by atoms with van der Waals surface area (Å²) in [4.78, 5) is 0. The van der Waals surface area contributed by atoms with Crippen LogP contribution in [0.1, 0.15) is 186 Å². The minimum Gasteiger partial charge on any atom is -0.381 e. The molecule has 2 saturated carbocycles. The van der Waals surface area contributed by atoms with Gasteiger partial charge in [-0.2, -0.15) is 0 Å². The van der Waals surface area contributed by atoms with Crippen molar-refractivity contribution >= 4 is 0 Å². The molecule has 1 aromatic rings. The Labute approximate surface area is 291 Å². The molecule has 1 aromatic carbocycles. The number of aryl methyl sites for hydroxylation is 1. The summed E-state index contributed by atoms with van der Waals surface area (Å²) in [5.74, 6) is 5.58. The number of ether oxygens (including phenoxy) is 1. The van der Waals surface area contributed by atoms with E-state index in [9.17, 15) is 0 Å². The van der Waals surface area contributed by atoms with E-state index in [1.807, 2.05) is 0 Å². The first-order valence-electron chi connectivity index (χ1n) is 19.9. The second-order valence-corrected chi connectivity index (χ2v) is 19.4. The van der Waals surface area contributed by atoms with Crippen molar-refractivity contribution in [1.82, 2.24) is 0 Å². The van der Waals surface area contributed by atoms with Crippen molar-refractivity contribution in [2.24, 2.45) is 51.8 Å². The number of hydrogen-bond donors (Lipinski definition) is 0. The van der Waals surface area contributed by atoms with Crippen LogP contribution in [0.3, 0.4) is 0 Å². The summed E-state index contributed by atoms with van der Waals surface area (Å²) in [6.07, 6.45) is 15.5. The van der Waals surface area contributed by atoms with E-state index in [4.69, 9.17) is 4.74 Å². The molecule has 1 saturated heterocycles. The molecule has 3 aliphatic rings. The Morgan fingerprint density at radius 2 is 0.957 bits per heavy atom. The molecule has 6 atom stereocenters. The largest absolute Gasteiger partial charge is 0.381 e. The van der Waals surface area contributed by atoms with Gasteiger partial charge in [0.2, 0.25) is 0 Å². The molecular formula is C45H84O. The third-order valence-electron chi connectivity index (χ3n) is 11.9. The van der Waals surface area contributed by atoms with Crippen LogP contribution in [0.2, 0.25) is 0 Å². The van der Waals surface area contributed by atoms with Crippen LogP contribution in [0.5, 0.6) is 0 Å². The van der Waals surface area contributed by atoms with Crippen LogP contribution < -0.4 is 0 Å².